The maximum atomic E-state index is 10.8. The fraction of sp³-hybridized carbons (Fsp3) is 0.500. The second kappa shape index (κ2) is 3.10. The summed E-state index contributed by atoms with van der Waals surface area (Å²) < 4.78 is 4.46. The lowest BCUT2D eigenvalue weighted by Gasteiger charge is -2.07. The molecule has 0 aliphatic carbocycles. The lowest BCUT2D eigenvalue weighted by atomic mass is 10.3. The molecule has 1 atom stereocenters. The summed E-state index contributed by atoms with van der Waals surface area (Å²) in [4.78, 5) is 18.5. The van der Waals surface area contributed by atoms with Gasteiger partial charge in [-0.15, -0.1) is 0 Å². The summed E-state index contributed by atoms with van der Waals surface area (Å²) in [5, 5.41) is 0. The Kier molecular flexibility index (Phi) is 2.15. The average molecular weight is 140 g/mol. The van der Waals surface area contributed by atoms with Crippen LogP contribution in [-0.4, -0.2) is 38.1 Å². The highest BCUT2D eigenvalue weighted by molar-refractivity contribution is 6.17. The number of hydrogen-bond acceptors (Lipinski definition) is 4. The van der Waals surface area contributed by atoms with Crippen LogP contribution in [0.1, 0.15) is 0 Å². The Morgan fingerprint density at radius 3 is 3.00 bits per heavy atom. The van der Waals surface area contributed by atoms with Crippen LogP contribution in [0.3, 0.4) is 0 Å². The Bertz CT molecular complexity index is 186. The van der Waals surface area contributed by atoms with Crippen LogP contribution >= 0.6 is 0 Å². The molecule has 0 aromatic rings. The molecule has 0 aromatic heterocycles. The number of ether oxygens (including phenoxy) is 1. The van der Waals surface area contributed by atoms with Crippen molar-refractivity contribution in [3.63, 3.8) is 0 Å². The molecule has 1 heterocycles. The van der Waals surface area contributed by atoms with Crippen LogP contribution in [0, 0.1) is 0 Å². The molecule has 1 rings (SSSR count). The Morgan fingerprint density at radius 1 is 1.70 bits per heavy atom. The van der Waals surface area contributed by atoms with Crippen molar-refractivity contribution in [2.75, 3.05) is 13.7 Å². The number of aliphatic imine (C=N–C) groups is 2. The minimum absolute atomic E-state index is 0.326. The third kappa shape index (κ3) is 1.40. The first-order valence-electron chi connectivity index (χ1n) is 2.94. The van der Waals surface area contributed by atoms with Crippen LogP contribution < -0.4 is 0 Å². The summed E-state index contributed by atoms with van der Waals surface area (Å²) >= 11 is 0. The van der Waals surface area contributed by atoms with Crippen LogP contribution in [0.5, 0.6) is 0 Å². The van der Waals surface area contributed by atoms with Gasteiger partial charge in [-0.2, -0.15) is 0 Å². The van der Waals surface area contributed by atoms with E-state index in [2.05, 4.69) is 14.7 Å². The Balaban J connectivity index is 2.51. The second-order valence-electron chi connectivity index (χ2n) is 1.85. The Hall–Kier alpha value is -1.19. The SMILES string of the molecule is COC(=O)C1CN=CC=N1. The smallest absolute Gasteiger partial charge is 0.332 e. The molecule has 1 aliphatic heterocycles. The van der Waals surface area contributed by atoms with Gasteiger partial charge in [-0.3, -0.25) is 9.98 Å². The topological polar surface area (TPSA) is 51.0 Å². The van der Waals surface area contributed by atoms with Gasteiger partial charge in [-0.05, 0) is 0 Å². The van der Waals surface area contributed by atoms with Crippen molar-refractivity contribution < 1.29 is 9.53 Å². The number of hydrogen-bond donors (Lipinski definition) is 0. The predicted octanol–water partition coefficient (Wildman–Crippen LogP) is -0.317. The molecule has 1 aliphatic rings. The van der Waals surface area contributed by atoms with Gasteiger partial charge in [-0.25, -0.2) is 4.79 Å². The van der Waals surface area contributed by atoms with E-state index in [1.165, 1.54) is 13.3 Å². The van der Waals surface area contributed by atoms with Crippen LogP contribution in [0.25, 0.3) is 0 Å². The number of carbonyl (C=O) groups excluding carboxylic acids is 1. The third-order valence-corrected chi connectivity index (χ3v) is 1.19. The highest BCUT2D eigenvalue weighted by atomic mass is 16.5. The monoisotopic (exact) mass is 140 g/mol. The first-order valence-corrected chi connectivity index (χ1v) is 2.94. The van der Waals surface area contributed by atoms with Crippen molar-refractivity contribution in [3.05, 3.63) is 0 Å². The molecule has 0 radical (unpaired) electrons. The van der Waals surface area contributed by atoms with Gasteiger partial charge >= 0.3 is 5.97 Å². The molecular formula is C6H8N2O2. The molecule has 0 aromatic carbocycles. The minimum atomic E-state index is -0.421. The van der Waals surface area contributed by atoms with E-state index in [-0.39, 0.29) is 5.97 Å². The fourth-order valence-corrected chi connectivity index (χ4v) is 0.669. The van der Waals surface area contributed by atoms with Gasteiger partial charge in [-0.1, -0.05) is 0 Å². The lowest BCUT2D eigenvalue weighted by molar-refractivity contribution is -0.141. The molecule has 0 fully saturated rings. The van der Waals surface area contributed by atoms with Crippen LogP contribution in [0.4, 0.5) is 0 Å². The number of methoxy groups -OCH3 is 1. The molecule has 10 heavy (non-hydrogen) atoms. The van der Waals surface area contributed by atoms with Gasteiger partial charge in [0.2, 0.25) is 0 Å². The maximum absolute atomic E-state index is 10.8. The quantitative estimate of drug-likeness (QED) is 0.469. The summed E-state index contributed by atoms with van der Waals surface area (Å²) in [7, 11) is 1.34. The van der Waals surface area contributed by atoms with E-state index in [4.69, 9.17) is 0 Å². The fourth-order valence-electron chi connectivity index (χ4n) is 0.669. The summed E-state index contributed by atoms with van der Waals surface area (Å²) in [6.07, 6.45) is 3.07. The number of esters is 1. The molecule has 1 unspecified atom stereocenters. The number of nitrogens with zero attached hydrogens (tertiary/aromatic N) is 2. The molecule has 4 nitrogen and oxygen atoms in total. The van der Waals surface area contributed by atoms with E-state index in [0.29, 0.717) is 6.54 Å². The second-order valence-corrected chi connectivity index (χ2v) is 1.85. The molecule has 0 bridgehead atoms. The molecule has 0 saturated carbocycles. The molecule has 4 heteroatoms. The molecule has 0 saturated heterocycles. The first kappa shape index (κ1) is 6.92. The van der Waals surface area contributed by atoms with E-state index in [1.54, 1.807) is 6.21 Å². The maximum Gasteiger partial charge on any atom is 0.332 e. The van der Waals surface area contributed by atoms with E-state index in [1.807, 2.05) is 0 Å². The molecule has 54 valence electrons. The van der Waals surface area contributed by atoms with Crippen molar-refractivity contribution in [1.29, 1.82) is 0 Å². The van der Waals surface area contributed by atoms with Crippen molar-refractivity contribution >= 4 is 18.4 Å². The highest BCUT2D eigenvalue weighted by Crippen LogP contribution is 1.96. The van der Waals surface area contributed by atoms with E-state index in [9.17, 15) is 4.79 Å². The largest absolute Gasteiger partial charge is 0.467 e. The van der Waals surface area contributed by atoms with Gasteiger partial charge in [0.25, 0.3) is 0 Å². The average Bonchev–Trinajstić information content (AvgIpc) is 2.05. The van der Waals surface area contributed by atoms with Gasteiger partial charge in [0, 0.05) is 12.4 Å². The van der Waals surface area contributed by atoms with E-state index in [0.717, 1.165) is 0 Å². The minimum Gasteiger partial charge on any atom is -0.467 e. The summed E-state index contributed by atoms with van der Waals surface area (Å²) in [5.74, 6) is -0.326. The first-order chi connectivity index (χ1) is 4.84. The van der Waals surface area contributed by atoms with Gasteiger partial charge < -0.3 is 4.74 Å². The zero-order valence-electron chi connectivity index (χ0n) is 5.65. The lowest BCUT2D eigenvalue weighted by Crippen LogP contribution is -2.25. The zero-order valence-corrected chi connectivity index (χ0v) is 5.65. The molecule has 0 spiro atoms. The third-order valence-electron chi connectivity index (χ3n) is 1.19. The summed E-state index contributed by atoms with van der Waals surface area (Å²) in [6.45, 7) is 0.406. The zero-order chi connectivity index (χ0) is 7.40. The van der Waals surface area contributed by atoms with Crippen molar-refractivity contribution in [2.45, 2.75) is 6.04 Å². The Morgan fingerprint density at radius 2 is 2.50 bits per heavy atom. The van der Waals surface area contributed by atoms with Crippen molar-refractivity contribution in [3.8, 4) is 0 Å². The highest BCUT2D eigenvalue weighted by Gasteiger charge is 2.16. The van der Waals surface area contributed by atoms with E-state index < -0.39 is 6.04 Å². The molecule has 0 amide bonds. The molecule has 0 N–H and O–H groups in total. The summed E-state index contributed by atoms with van der Waals surface area (Å²) in [6, 6.07) is -0.421. The standard InChI is InChI=1S/C6H8N2O2/c1-10-6(9)5-4-7-2-3-8-5/h2-3,5H,4H2,1H3. The Labute approximate surface area is 58.6 Å². The predicted molar refractivity (Wildman–Crippen MR) is 37.7 cm³/mol. The molecular weight excluding hydrogens is 132 g/mol. The van der Waals surface area contributed by atoms with Crippen LogP contribution in [0.2, 0.25) is 0 Å². The van der Waals surface area contributed by atoms with Gasteiger partial charge in [0.1, 0.15) is 0 Å². The van der Waals surface area contributed by atoms with Crippen LogP contribution in [-0.2, 0) is 9.53 Å². The summed E-state index contributed by atoms with van der Waals surface area (Å²) in [5.41, 5.74) is 0. The van der Waals surface area contributed by atoms with Gasteiger partial charge in [0.15, 0.2) is 6.04 Å². The number of carbonyl (C=O) groups is 1. The normalized spacial score (nSPS) is 22.7. The number of rotatable bonds is 1. The van der Waals surface area contributed by atoms with Gasteiger partial charge in [0.05, 0.1) is 13.7 Å². The van der Waals surface area contributed by atoms with Crippen molar-refractivity contribution in [1.82, 2.24) is 0 Å². The van der Waals surface area contributed by atoms with Crippen molar-refractivity contribution in [2.24, 2.45) is 9.98 Å². The van der Waals surface area contributed by atoms with E-state index >= 15 is 0 Å². The van der Waals surface area contributed by atoms with Crippen LogP contribution in [0.15, 0.2) is 9.98 Å².